The summed E-state index contributed by atoms with van der Waals surface area (Å²) in [7, 11) is 0. The lowest BCUT2D eigenvalue weighted by Crippen LogP contribution is -2.33. The van der Waals surface area contributed by atoms with Crippen LogP contribution in [0.1, 0.15) is 13.8 Å². The summed E-state index contributed by atoms with van der Waals surface area (Å²) in [5.41, 5.74) is 3.58. The number of aliphatic hydroxyl groups is 1. The first-order valence-electron chi connectivity index (χ1n) is 8.35. The lowest BCUT2D eigenvalue weighted by Gasteiger charge is -2.29. The highest BCUT2D eigenvalue weighted by atomic mass is 16.4. The largest absolute Gasteiger partial charge is 0.505 e. The van der Waals surface area contributed by atoms with Crippen LogP contribution < -0.4 is 4.90 Å². The number of aromatic amines is 1. The average Bonchev–Trinajstić information content (AvgIpc) is 3.21. The first kappa shape index (κ1) is 18.2. The number of carbonyl (C=O) groups excluding carboxylic acids is 1. The minimum Gasteiger partial charge on any atom is -0.505 e. The van der Waals surface area contributed by atoms with E-state index in [1.165, 1.54) is 13.1 Å². The van der Waals surface area contributed by atoms with Crippen molar-refractivity contribution in [3.8, 4) is 0 Å². The Morgan fingerprint density at radius 2 is 2.22 bits per heavy atom. The van der Waals surface area contributed by atoms with Gasteiger partial charge in [0.25, 0.3) is 0 Å². The highest BCUT2D eigenvalue weighted by molar-refractivity contribution is 6.00. The fourth-order valence-electron chi connectivity index (χ4n) is 3.29. The Hall–Kier alpha value is -3.61. The Kier molecular flexibility index (Phi) is 4.94. The lowest BCUT2D eigenvalue weighted by molar-refractivity contribution is -0.113. The molecule has 3 N–H and O–H groups in total. The molecule has 0 bridgehead atoms. The minimum absolute atomic E-state index is 0.145. The van der Waals surface area contributed by atoms with Gasteiger partial charge in [-0.15, -0.1) is 0 Å². The normalized spacial score (nSPS) is 18.6. The number of hydrogen-bond acceptors (Lipinski definition) is 6. The van der Waals surface area contributed by atoms with Crippen LogP contribution in [-0.4, -0.2) is 38.3 Å². The maximum Gasteiger partial charge on any atom is 0.162 e. The van der Waals surface area contributed by atoms with E-state index in [0.717, 1.165) is 16.7 Å². The number of carbonyl (C=O) groups is 1. The molecule has 1 aromatic heterocycles. The van der Waals surface area contributed by atoms with Gasteiger partial charge in [0.05, 0.1) is 40.9 Å². The number of nitrogens with zero attached hydrogens (tertiary/aromatic N) is 3. The van der Waals surface area contributed by atoms with Gasteiger partial charge in [0, 0.05) is 5.69 Å². The molecule has 0 aliphatic carbocycles. The molecule has 0 radical (unpaired) electrons. The van der Waals surface area contributed by atoms with E-state index >= 15 is 0 Å². The van der Waals surface area contributed by atoms with E-state index in [4.69, 9.17) is 5.21 Å². The number of rotatable bonds is 5. The molecule has 138 valence electrons. The number of fused-ring (bicyclic) bond motifs is 1. The SMILES string of the molecule is C=C1C(O)=C(C(C)=O)C(C(/C=C\C)=C/C=N/O)N1c1ccc2nc[nH]c2c1. The summed E-state index contributed by atoms with van der Waals surface area (Å²) in [5, 5.41) is 22.4. The Labute approximate surface area is 156 Å². The number of H-pyrrole nitrogens is 1. The molecule has 0 spiro atoms. The summed E-state index contributed by atoms with van der Waals surface area (Å²) < 4.78 is 0. The molecule has 3 rings (SSSR count). The van der Waals surface area contributed by atoms with Crippen molar-refractivity contribution in [3.05, 3.63) is 71.9 Å². The van der Waals surface area contributed by atoms with Gasteiger partial charge < -0.3 is 20.2 Å². The quantitative estimate of drug-likeness (QED) is 0.325. The molecule has 1 aliphatic heterocycles. The summed E-state index contributed by atoms with van der Waals surface area (Å²) in [6.07, 6.45) is 8.01. The van der Waals surface area contributed by atoms with E-state index in [0.29, 0.717) is 11.3 Å². The average molecular weight is 364 g/mol. The number of nitrogens with one attached hydrogen (secondary N) is 1. The lowest BCUT2D eigenvalue weighted by atomic mass is 9.95. The molecule has 1 atom stereocenters. The van der Waals surface area contributed by atoms with Gasteiger partial charge >= 0.3 is 0 Å². The Bertz CT molecular complexity index is 1030. The maximum atomic E-state index is 12.3. The van der Waals surface area contributed by atoms with Crippen molar-refractivity contribution >= 4 is 28.7 Å². The molecule has 2 aromatic rings. The van der Waals surface area contributed by atoms with Crippen LogP contribution in [0.3, 0.4) is 0 Å². The predicted molar refractivity (Wildman–Crippen MR) is 105 cm³/mol. The Morgan fingerprint density at radius 1 is 1.44 bits per heavy atom. The van der Waals surface area contributed by atoms with Crippen LogP contribution in [0.2, 0.25) is 0 Å². The van der Waals surface area contributed by atoms with E-state index in [1.54, 1.807) is 23.4 Å². The standard InChI is InChI=1S/C20H20N4O3/c1-4-5-14(8-9-23-27)19-18(13(3)25)20(26)12(2)24(19)15-6-7-16-17(10-15)22-11-21-16/h4-11,19,26-27H,2H2,1,3H3,(H,21,22)/b5-4-,14-8+,23-9+. The monoisotopic (exact) mass is 364 g/mol. The first-order chi connectivity index (χ1) is 13.0. The third kappa shape index (κ3) is 3.15. The predicted octanol–water partition coefficient (Wildman–Crippen LogP) is 3.63. The van der Waals surface area contributed by atoms with E-state index in [9.17, 15) is 9.90 Å². The number of anilines is 1. The fraction of sp³-hybridized carbons (Fsp3) is 0.150. The van der Waals surface area contributed by atoms with E-state index in [-0.39, 0.29) is 17.1 Å². The number of hydrogen-bond donors (Lipinski definition) is 3. The number of imidazole rings is 1. The van der Waals surface area contributed by atoms with Gasteiger partial charge in [-0.05, 0) is 43.7 Å². The molecule has 7 nitrogen and oxygen atoms in total. The zero-order valence-electron chi connectivity index (χ0n) is 15.0. The molecule has 7 heteroatoms. The van der Waals surface area contributed by atoms with Crippen LogP contribution in [0.25, 0.3) is 11.0 Å². The molecule has 0 saturated carbocycles. The van der Waals surface area contributed by atoms with Crippen molar-refractivity contribution in [2.75, 3.05) is 4.90 Å². The highest BCUT2D eigenvalue weighted by Gasteiger charge is 2.40. The van der Waals surface area contributed by atoms with Crippen molar-refractivity contribution in [1.29, 1.82) is 0 Å². The van der Waals surface area contributed by atoms with Crippen LogP contribution in [-0.2, 0) is 4.79 Å². The summed E-state index contributed by atoms with van der Waals surface area (Å²) >= 11 is 0. The van der Waals surface area contributed by atoms with Gasteiger partial charge in [0.2, 0.25) is 0 Å². The number of allylic oxidation sites excluding steroid dienone is 2. The molecule has 27 heavy (non-hydrogen) atoms. The second-order valence-electron chi connectivity index (χ2n) is 6.07. The Morgan fingerprint density at radius 3 is 2.89 bits per heavy atom. The molecule has 0 fully saturated rings. The fourth-order valence-corrected chi connectivity index (χ4v) is 3.29. The number of aliphatic hydroxyl groups excluding tert-OH is 1. The smallest absolute Gasteiger partial charge is 0.162 e. The summed E-state index contributed by atoms with van der Waals surface area (Å²) in [6, 6.07) is 4.97. The van der Waals surface area contributed by atoms with E-state index in [1.807, 2.05) is 31.2 Å². The van der Waals surface area contributed by atoms with Crippen LogP contribution in [0.5, 0.6) is 0 Å². The number of benzene rings is 1. The summed E-state index contributed by atoms with van der Waals surface area (Å²) in [4.78, 5) is 21.4. The summed E-state index contributed by atoms with van der Waals surface area (Å²) in [5.74, 6) is -0.409. The minimum atomic E-state index is -0.607. The van der Waals surface area contributed by atoms with Crippen molar-refractivity contribution in [2.45, 2.75) is 19.9 Å². The number of oxime groups is 1. The first-order valence-corrected chi connectivity index (χ1v) is 8.35. The van der Waals surface area contributed by atoms with Crippen LogP contribution in [0.15, 0.2) is 77.1 Å². The van der Waals surface area contributed by atoms with E-state index in [2.05, 4.69) is 21.7 Å². The second kappa shape index (κ2) is 7.33. The van der Waals surface area contributed by atoms with Gasteiger partial charge in [-0.1, -0.05) is 23.9 Å². The molecule has 0 saturated heterocycles. The molecule has 0 amide bonds. The molecule has 1 unspecified atom stereocenters. The zero-order valence-corrected chi connectivity index (χ0v) is 15.0. The second-order valence-corrected chi connectivity index (χ2v) is 6.07. The third-order valence-corrected chi connectivity index (χ3v) is 4.42. The molecule has 1 aromatic carbocycles. The number of ketones is 1. The Balaban J connectivity index is 2.20. The third-order valence-electron chi connectivity index (χ3n) is 4.42. The summed E-state index contributed by atoms with van der Waals surface area (Å²) in [6.45, 7) is 7.21. The molecular formula is C20H20N4O3. The molecule has 2 heterocycles. The number of aromatic nitrogens is 2. The molecule has 1 aliphatic rings. The van der Waals surface area contributed by atoms with Crippen LogP contribution in [0.4, 0.5) is 5.69 Å². The van der Waals surface area contributed by atoms with Crippen LogP contribution in [0, 0.1) is 0 Å². The number of Topliss-reactive ketones (excluding diaryl/α,β-unsaturated/α-hetero) is 1. The van der Waals surface area contributed by atoms with Gasteiger partial charge in [0.1, 0.15) is 5.76 Å². The zero-order chi connectivity index (χ0) is 19.6. The highest BCUT2D eigenvalue weighted by Crippen LogP contribution is 2.40. The van der Waals surface area contributed by atoms with Gasteiger partial charge in [-0.3, -0.25) is 4.79 Å². The van der Waals surface area contributed by atoms with Crippen molar-refractivity contribution in [2.24, 2.45) is 5.16 Å². The molecular weight excluding hydrogens is 344 g/mol. The maximum absolute atomic E-state index is 12.3. The topological polar surface area (TPSA) is 102 Å². The van der Waals surface area contributed by atoms with Crippen molar-refractivity contribution < 1.29 is 15.1 Å². The van der Waals surface area contributed by atoms with Crippen molar-refractivity contribution in [3.63, 3.8) is 0 Å². The van der Waals surface area contributed by atoms with Gasteiger partial charge in [-0.25, -0.2) is 4.98 Å². The van der Waals surface area contributed by atoms with Crippen molar-refractivity contribution in [1.82, 2.24) is 9.97 Å². The van der Waals surface area contributed by atoms with E-state index < -0.39 is 6.04 Å². The van der Waals surface area contributed by atoms with Gasteiger partial charge in [0.15, 0.2) is 5.78 Å². The van der Waals surface area contributed by atoms with Crippen LogP contribution >= 0.6 is 0 Å². The van der Waals surface area contributed by atoms with Gasteiger partial charge in [-0.2, -0.15) is 0 Å².